The Morgan fingerprint density at radius 2 is 2.16 bits per heavy atom. The Hall–Kier alpha value is -1.93. The summed E-state index contributed by atoms with van der Waals surface area (Å²) in [5, 5.41) is 10.2. The summed E-state index contributed by atoms with van der Waals surface area (Å²) in [5.74, 6) is -0.153. The Morgan fingerprint density at radius 3 is 2.80 bits per heavy atom. The van der Waals surface area contributed by atoms with Crippen molar-refractivity contribution in [2.75, 3.05) is 33.9 Å². The molecule has 1 fully saturated rings. The number of nitrogens with one attached hydrogen (secondary N) is 2. The van der Waals surface area contributed by atoms with E-state index in [1.807, 2.05) is 13.8 Å². The highest BCUT2D eigenvalue weighted by Gasteiger charge is 2.28. The van der Waals surface area contributed by atoms with Crippen LogP contribution in [-0.2, 0) is 25.5 Å². The van der Waals surface area contributed by atoms with E-state index < -0.39 is 0 Å². The lowest BCUT2D eigenvalue weighted by atomic mass is 10.1. The van der Waals surface area contributed by atoms with Crippen molar-refractivity contribution in [2.24, 2.45) is 0 Å². The van der Waals surface area contributed by atoms with Crippen LogP contribution in [0.25, 0.3) is 0 Å². The molecule has 0 radical (unpaired) electrons. The van der Waals surface area contributed by atoms with Crippen molar-refractivity contribution >= 4 is 11.8 Å². The van der Waals surface area contributed by atoms with Gasteiger partial charge in [-0.25, -0.2) is 0 Å². The second-order valence-electron chi connectivity index (χ2n) is 6.60. The first kappa shape index (κ1) is 19.4. The number of ether oxygens (including phenoxy) is 2. The Morgan fingerprint density at radius 1 is 1.40 bits per heavy atom. The van der Waals surface area contributed by atoms with Crippen LogP contribution in [-0.4, -0.2) is 73.0 Å². The first-order valence-corrected chi connectivity index (χ1v) is 8.57. The number of likely N-dealkylation sites (N-methyl/N-ethyl adjacent to an activating group) is 1. The fourth-order valence-electron chi connectivity index (χ4n) is 2.64. The molecule has 1 saturated heterocycles. The summed E-state index contributed by atoms with van der Waals surface area (Å²) in [6.07, 6.45) is 1.32. The van der Waals surface area contributed by atoms with Gasteiger partial charge in [0.2, 0.25) is 11.8 Å². The Bertz CT molecular complexity index is 599. The molecule has 8 nitrogen and oxygen atoms in total. The largest absolute Gasteiger partial charge is 0.379 e. The molecule has 0 unspecified atom stereocenters. The smallest absolute Gasteiger partial charge is 0.248 e. The van der Waals surface area contributed by atoms with Crippen molar-refractivity contribution in [3.8, 4) is 0 Å². The molecule has 2 atom stereocenters. The summed E-state index contributed by atoms with van der Waals surface area (Å²) in [4.78, 5) is 25.4. The maximum Gasteiger partial charge on any atom is 0.248 e. The van der Waals surface area contributed by atoms with E-state index >= 15 is 0 Å². The van der Waals surface area contributed by atoms with Crippen molar-refractivity contribution in [3.63, 3.8) is 0 Å². The highest BCUT2D eigenvalue weighted by atomic mass is 16.5. The molecule has 0 aromatic carbocycles. The summed E-state index contributed by atoms with van der Waals surface area (Å²) in [6.45, 7) is 4.90. The van der Waals surface area contributed by atoms with Gasteiger partial charge in [0, 0.05) is 39.2 Å². The molecular formula is C17H28N4O4. The molecule has 0 saturated carbocycles. The summed E-state index contributed by atoms with van der Waals surface area (Å²) in [6, 6.07) is -0.141. The number of rotatable bonds is 7. The number of amides is 2. The lowest BCUT2D eigenvalue weighted by Crippen LogP contribution is -2.50. The molecule has 2 rings (SSSR count). The second kappa shape index (κ2) is 8.96. The van der Waals surface area contributed by atoms with Crippen LogP contribution in [0.3, 0.4) is 0 Å². The lowest BCUT2D eigenvalue weighted by Gasteiger charge is -2.32. The zero-order chi connectivity index (χ0) is 18.4. The van der Waals surface area contributed by atoms with Gasteiger partial charge in [-0.3, -0.25) is 14.7 Å². The maximum atomic E-state index is 12.3. The van der Waals surface area contributed by atoms with Crippen molar-refractivity contribution in [1.29, 1.82) is 0 Å². The fourth-order valence-corrected chi connectivity index (χ4v) is 2.64. The number of hydrogen-bond acceptors (Lipinski definition) is 5. The van der Waals surface area contributed by atoms with Crippen LogP contribution >= 0.6 is 0 Å². The van der Waals surface area contributed by atoms with E-state index in [2.05, 4.69) is 15.5 Å². The number of nitrogens with zero attached hydrogens (tertiary/aromatic N) is 2. The van der Waals surface area contributed by atoms with Crippen molar-refractivity contribution in [3.05, 3.63) is 17.0 Å². The number of carbonyl (C=O) groups excluding carboxylic acids is 2. The van der Waals surface area contributed by atoms with Gasteiger partial charge in [0.05, 0.1) is 18.3 Å². The zero-order valence-electron chi connectivity index (χ0n) is 15.4. The summed E-state index contributed by atoms with van der Waals surface area (Å²) in [5.41, 5.74) is 3.05. The first-order chi connectivity index (χ1) is 11.9. The summed E-state index contributed by atoms with van der Waals surface area (Å²) < 4.78 is 11.1. The number of H-pyrrole nitrogens is 1. The molecule has 1 aromatic heterocycles. The standard InChI is InChI=1S/C17H28N4O4/c1-11-12(2)19-20-13(11)5-6-16(22)18-14-7-8-24-9-15(14)25-10-17(23)21(3)4/h14-15H,5-10H2,1-4H3,(H,18,22)(H,19,20)/t14-,15-/m1/s1. The third-order valence-electron chi connectivity index (χ3n) is 4.51. The predicted octanol–water partition coefficient (Wildman–Crippen LogP) is 0.338. The molecule has 8 heteroatoms. The second-order valence-corrected chi connectivity index (χ2v) is 6.60. The Labute approximate surface area is 148 Å². The quantitative estimate of drug-likeness (QED) is 0.737. The van der Waals surface area contributed by atoms with E-state index in [4.69, 9.17) is 9.47 Å². The molecule has 2 N–H and O–H groups in total. The van der Waals surface area contributed by atoms with Crippen molar-refractivity contribution in [1.82, 2.24) is 20.4 Å². The normalized spacial score (nSPS) is 20.3. The molecule has 0 bridgehead atoms. The summed E-state index contributed by atoms with van der Waals surface area (Å²) in [7, 11) is 3.36. The molecule has 1 aliphatic rings. The average molecular weight is 352 g/mol. The van der Waals surface area contributed by atoms with Gasteiger partial charge in [0.1, 0.15) is 12.7 Å². The van der Waals surface area contributed by atoms with E-state index in [-0.39, 0.29) is 30.6 Å². The minimum absolute atomic E-state index is 0.0147. The van der Waals surface area contributed by atoms with Crippen molar-refractivity contribution in [2.45, 2.75) is 45.3 Å². The molecule has 1 aromatic rings. The van der Waals surface area contributed by atoms with Gasteiger partial charge < -0.3 is 19.7 Å². The minimum atomic E-state index is -0.309. The molecule has 2 amide bonds. The Balaban J connectivity index is 1.82. The monoisotopic (exact) mass is 352 g/mol. The van der Waals surface area contributed by atoms with Crippen LogP contribution in [0.2, 0.25) is 0 Å². The van der Waals surface area contributed by atoms with Crippen LogP contribution in [0.4, 0.5) is 0 Å². The van der Waals surface area contributed by atoms with Crippen LogP contribution in [0.15, 0.2) is 0 Å². The number of aryl methyl sites for hydroxylation is 2. The van der Waals surface area contributed by atoms with Crippen LogP contribution in [0, 0.1) is 13.8 Å². The van der Waals surface area contributed by atoms with Crippen LogP contribution < -0.4 is 5.32 Å². The summed E-state index contributed by atoms with van der Waals surface area (Å²) >= 11 is 0. The number of aromatic nitrogens is 2. The van der Waals surface area contributed by atoms with E-state index in [1.165, 1.54) is 4.90 Å². The number of hydrogen-bond donors (Lipinski definition) is 2. The molecule has 2 heterocycles. The van der Waals surface area contributed by atoms with Crippen molar-refractivity contribution < 1.29 is 19.1 Å². The lowest BCUT2D eigenvalue weighted by molar-refractivity contribution is -0.141. The van der Waals surface area contributed by atoms with E-state index in [9.17, 15) is 9.59 Å². The topological polar surface area (TPSA) is 96.5 Å². The highest BCUT2D eigenvalue weighted by molar-refractivity contribution is 5.77. The number of carbonyl (C=O) groups is 2. The van der Waals surface area contributed by atoms with Gasteiger partial charge in [0.15, 0.2) is 0 Å². The third-order valence-corrected chi connectivity index (χ3v) is 4.51. The molecular weight excluding hydrogens is 324 g/mol. The molecule has 25 heavy (non-hydrogen) atoms. The van der Waals surface area contributed by atoms with Crippen LogP contribution in [0.5, 0.6) is 0 Å². The maximum absolute atomic E-state index is 12.3. The first-order valence-electron chi connectivity index (χ1n) is 8.57. The minimum Gasteiger partial charge on any atom is -0.379 e. The zero-order valence-corrected chi connectivity index (χ0v) is 15.4. The van der Waals surface area contributed by atoms with Gasteiger partial charge in [-0.05, 0) is 25.8 Å². The van der Waals surface area contributed by atoms with Gasteiger partial charge in [-0.2, -0.15) is 5.10 Å². The van der Waals surface area contributed by atoms with E-state index in [0.717, 1.165) is 17.0 Å². The molecule has 140 valence electrons. The van der Waals surface area contributed by atoms with Gasteiger partial charge >= 0.3 is 0 Å². The average Bonchev–Trinajstić information content (AvgIpc) is 2.90. The van der Waals surface area contributed by atoms with Gasteiger partial charge in [-0.15, -0.1) is 0 Å². The van der Waals surface area contributed by atoms with E-state index in [1.54, 1.807) is 14.1 Å². The predicted molar refractivity (Wildman–Crippen MR) is 92.2 cm³/mol. The fraction of sp³-hybridized carbons (Fsp3) is 0.706. The highest BCUT2D eigenvalue weighted by Crippen LogP contribution is 2.13. The SMILES string of the molecule is Cc1[nH]nc(CCC(=O)N[C@@H]2CCOC[C@H]2OCC(=O)N(C)C)c1C. The van der Waals surface area contributed by atoms with E-state index in [0.29, 0.717) is 32.5 Å². The molecule has 1 aliphatic heterocycles. The van der Waals surface area contributed by atoms with Gasteiger partial charge in [-0.1, -0.05) is 0 Å². The molecule has 0 spiro atoms. The van der Waals surface area contributed by atoms with Crippen LogP contribution in [0.1, 0.15) is 29.8 Å². The third kappa shape index (κ3) is 5.54. The molecule has 0 aliphatic carbocycles. The number of aromatic amines is 1. The Kier molecular flexibility index (Phi) is 6.95. The van der Waals surface area contributed by atoms with Gasteiger partial charge in [0.25, 0.3) is 0 Å².